The highest BCUT2D eigenvalue weighted by Gasteiger charge is 2.12. The van der Waals surface area contributed by atoms with E-state index in [-0.39, 0.29) is 5.69 Å². The van der Waals surface area contributed by atoms with Crippen molar-refractivity contribution in [1.82, 2.24) is 9.97 Å². The molecule has 0 atom stereocenters. The molecule has 2 aromatic rings. The summed E-state index contributed by atoms with van der Waals surface area (Å²) < 4.78 is 0. The van der Waals surface area contributed by atoms with Gasteiger partial charge >= 0.3 is 5.97 Å². The summed E-state index contributed by atoms with van der Waals surface area (Å²) in [5, 5.41) is 10.1. The fourth-order valence-corrected chi connectivity index (χ4v) is 2.34. The summed E-state index contributed by atoms with van der Waals surface area (Å²) in [5.74, 6) is -0.447. The number of hydrogen-bond donors (Lipinski definition) is 1. The van der Waals surface area contributed by atoms with Gasteiger partial charge in [0, 0.05) is 23.2 Å². The summed E-state index contributed by atoms with van der Waals surface area (Å²) in [4.78, 5) is 18.8. The van der Waals surface area contributed by atoms with Gasteiger partial charge in [-0.3, -0.25) is 0 Å². The van der Waals surface area contributed by atoms with E-state index in [1.807, 2.05) is 12.1 Å². The average Bonchev–Trinajstić information content (AvgIpc) is 2.38. The second-order valence-electron chi connectivity index (χ2n) is 3.43. The maximum atomic E-state index is 10.9. The van der Waals surface area contributed by atoms with Crippen molar-refractivity contribution in [2.75, 3.05) is 0 Å². The highest BCUT2D eigenvalue weighted by atomic mass is 35.5. The van der Waals surface area contributed by atoms with Crippen LogP contribution in [0.2, 0.25) is 5.02 Å². The lowest BCUT2D eigenvalue weighted by Gasteiger charge is -2.03. The quantitative estimate of drug-likeness (QED) is 0.872. The molecule has 1 N–H and O–H groups in total. The van der Waals surface area contributed by atoms with Crippen LogP contribution in [0.25, 0.3) is 0 Å². The van der Waals surface area contributed by atoms with E-state index < -0.39 is 5.97 Å². The molecule has 6 heteroatoms. The SMILES string of the molecule is O=C(O)c1nccnc1SCc1ccc(Cl)cc1. The molecule has 0 saturated heterocycles. The molecule has 1 heterocycles. The molecule has 18 heavy (non-hydrogen) atoms. The van der Waals surface area contributed by atoms with Gasteiger partial charge in [0.05, 0.1) is 0 Å². The molecule has 1 aromatic heterocycles. The van der Waals surface area contributed by atoms with Crippen molar-refractivity contribution in [3.8, 4) is 0 Å². The van der Waals surface area contributed by atoms with Gasteiger partial charge in [-0.1, -0.05) is 35.5 Å². The van der Waals surface area contributed by atoms with Crippen LogP contribution in [0.4, 0.5) is 0 Å². The van der Waals surface area contributed by atoms with Crippen molar-refractivity contribution in [2.45, 2.75) is 10.8 Å². The number of carbonyl (C=O) groups is 1. The first-order valence-corrected chi connectivity index (χ1v) is 6.44. The second kappa shape index (κ2) is 5.84. The van der Waals surface area contributed by atoms with E-state index in [9.17, 15) is 4.79 Å². The van der Waals surface area contributed by atoms with Crippen molar-refractivity contribution in [3.63, 3.8) is 0 Å². The zero-order valence-electron chi connectivity index (χ0n) is 9.21. The monoisotopic (exact) mass is 280 g/mol. The molecule has 0 aliphatic heterocycles. The lowest BCUT2D eigenvalue weighted by Crippen LogP contribution is -2.03. The van der Waals surface area contributed by atoms with Crippen LogP contribution in [-0.2, 0) is 5.75 Å². The molecule has 0 unspecified atom stereocenters. The van der Waals surface area contributed by atoms with E-state index in [1.165, 1.54) is 24.2 Å². The van der Waals surface area contributed by atoms with Gasteiger partial charge in [-0.2, -0.15) is 0 Å². The normalized spacial score (nSPS) is 10.3. The van der Waals surface area contributed by atoms with E-state index in [1.54, 1.807) is 12.1 Å². The average molecular weight is 281 g/mol. The maximum absolute atomic E-state index is 10.9. The number of rotatable bonds is 4. The predicted octanol–water partition coefficient (Wildman–Crippen LogP) is 3.12. The lowest BCUT2D eigenvalue weighted by atomic mass is 10.2. The van der Waals surface area contributed by atoms with Crippen molar-refractivity contribution < 1.29 is 9.90 Å². The van der Waals surface area contributed by atoms with Crippen molar-refractivity contribution in [3.05, 3.63) is 52.9 Å². The minimum atomic E-state index is -1.07. The standard InChI is InChI=1S/C12H9ClN2O2S/c13-9-3-1-8(2-4-9)7-18-11-10(12(16)17)14-5-6-15-11/h1-6H,7H2,(H,16,17). The minimum Gasteiger partial charge on any atom is -0.476 e. The van der Waals surface area contributed by atoms with Crippen molar-refractivity contribution in [1.29, 1.82) is 0 Å². The Morgan fingerprint density at radius 2 is 1.89 bits per heavy atom. The van der Waals surface area contributed by atoms with Gasteiger partial charge in [0.25, 0.3) is 0 Å². The summed E-state index contributed by atoms with van der Waals surface area (Å²) in [6.45, 7) is 0. The maximum Gasteiger partial charge on any atom is 0.357 e. The fourth-order valence-electron chi connectivity index (χ4n) is 1.31. The molecule has 0 bridgehead atoms. The summed E-state index contributed by atoms with van der Waals surface area (Å²) in [5.41, 5.74) is 1.03. The topological polar surface area (TPSA) is 63.1 Å². The molecule has 0 amide bonds. The lowest BCUT2D eigenvalue weighted by molar-refractivity contribution is 0.0685. The summed E-state index contributed by atoms with van der Waals surface area (Å²) in [7, 11) is 0. The van der Waals surface area contributed by atoms with Crippen LogP contribution in [0.5, 0.6) is 0 Å². The van der Waals surface area contributed by atoms with Gasteiger partial charge in [0.2, 0.25) is 0 Å². The Kier molecular flexibility index (Phi) is 4.17. The van der Waals surface area contributed by atoms with Crippen molar-refractivity contribution >= 4 is 29.3 Å². The van der Waals surface area contributed by atoms with Gasteiger partial charge in [-0.05, 0) is 17.7 Å². The molecule has 0 saturated carbocycles. The first-order valence-electron chi connectivity index (χ1n) is 5.08. The van der Waals surface area contributed by atoms with Gasteiger partial charge < -0.3 is 5.11 Å². The molecule has 1 aromatic carbocycles. The Morgan fingerprint density at radius 1 is 1.22 bits per heavy atom. The largest absolute Gasteiger partial charge is 0.476 e. The summed E-state index contributed by atoms with van der Waals surface area (Å²) in [6, 6.07) is 7.39. The smallest absolute Gasteiger partial charge is 0.357 e. The van der Waals surface area contributed by atoms with Crippen LogP contribution in [0, 0.1) is 0 Å². The van der Waals surface area contributed by atoms with Gasteiger partial charge in [-0.15, -0.1) is 0 Å². The molecular formula is C12H9ClN2O2S. The molecule has 0 fully saturated rings. The van der Waals surface area contributed by atoms with E-state index in [0.717, 1.165) is 5.56 Å². The Labute approximate surface area is 113 Å². The number of hydrogen-bond acceptors (Lipinski definition) is 4. The van der Waals surface area contributed by atoms with Crippen LogP contribution < -0.4 is 0 Å². The van der Waals surface area contributed by atoms with Crippen LogP contribution in [-0.4, -0.2) is 21.0 Å². The number of halogens is 1. The zero-order valence-corrected chi connectivity index (χ0v) is 10.8. The van der Waals surface area contributed by atoms with Crippen LogP contribution in [0.15, 0.2) is 41.7 Å². The van der Waals surface area contributed by atoms with E-state index in [4.69, 9.17) is 16.7 Å². The van der Waals surface area contributed by atoms with Crippen LogP contribution in [0.3, 0.4) is 0 Å². The van der Waals surface area contributed by atoms with Crippen LogP contribution >= 0.6 is 23.4 Å². The van der Waals surface area contributed by atoms with Gasteiger partial charge in [0.15, 0.2) is 5.69 Å². The molecular weight excluding hydrogens is 272 g/mol. The number of carboxylic acid groups (broad SMARTS) is 1. The highest BCUT2D eigenvalue weighted by Crippen LogP contribution is 2.23. The molecule has 0 spiro atoms. The number of benzene rings is 1. The summed E-state index contributed by atoms with van der Waals surface area (Å²) >= 11 is 7.13. The molecule has 0 aliphatic rings. The second-order valence-corrected chi connectivity index (χ2v) is 4.83. The summed E-state index contributed by atoms with van der Waals surface area (Å²) in [6.07, 6.45) is 2.85. The van der Waals surface area contributed by atoms with E-state index in [2.05, 4.69) is 9.97 Å². The highest BCUT2D eigenvalue weighted by molar-refractivity contribution is 7.98. The number of carboxylic acids is 1. The zero-order chi connectivity index (χ0) is 13.0. The van der Waals surface area contributed by atoms with Gasteiger partial charge in [-0.25, -0.2) is 14.8 Å². The third-order valence-corrected chi connectivity index (χ3v) is 3.46. The number of aromatic carboxylic acids is 1. The molecule has 0 radical (unpaired) electrons. The molecule has 92 valence electrons. The third kappa shape index (κ3) is 3.21. The minimum absolute atomic E-state index is 0.0172. The predicted molar refractivity (Wildman–Crippen MR) is 70.0 cm³/mol. The third-order valence-electron chi connectivity index (χ3n) is 2.16. The Morgan fingerprint density at radius 3 is 2.56 bits per heavy atom. The fraction of sp³-hybridized carbons (Fsp3) is 0.0833. The van der Waals surface area contributed by atoms with Crippen molar-refractivity contribution in [2.24, 2.45) is 0 Å². The number of nitrogens with zero attached hydrogens (tertiary/aromatic N) is 2. The molecule has 4 nitrogen and oxygen atoms in total. The first kappa shape index (κ1) is 12.9. The number of thioether (sulfide) groups is 1. The Hall–Kier alpha value is -1.59. The van der Waals surface area contributed by atoms with Crippen LogP contribution in [0.1, 0.15) is 16.1 Å². The van der Waals surface area contributed by atoms with E-state index >= 15 is 0 Å². The number of aromatic nitrogens is 2. The molecule has 2 rings (SSSR count). The Balaban J connectivity index is 2.10. The molecule has 0 aliphatic carbocycles. The van der Waals surface area contributed by atoms with E-state index in [0.29, 0.717) is 15.8 Å². The van der Waals surface area contributed by atoms with Gasteiger partial charge in [0.1, 0.15) is 5.03 Å². The Bertz CT molecular complexity index is 560. The first-order chi connectivity index (χ1) is 8.66.